The van der Waals surface area contributed by atoms with Gasteiger partial charge in [-0.2, -0.15) is 0 Å². The van der Waals surface area contributed by atoms with E-state index in [2.05, 4.69) is 26.0 Å². The second-order valence-corrected chi connectivity index (χ2v) is 6.13. The molecule has 1 aliphatic rings. The molecule has 19 heavy (non-hydrogen) atoms. The molecule has 0 aromatic heterocycles. The molecule has 2 nitrogen and oxygen atoms in total. The quantitative estimate of drug-likeness (QED) is 0.876. The molecule has 0 heterocycles. The minimum atomic E-state index is -0.520. The molecule has 0 amide bonds. The summed E-state index contributed by atoms with van der Waals surface area (Å²) in [6, 6.07) is 6.25. The van der Waals surface area contributed by atoms with Gasteiger partial charge in [0.05, 0.1) is 12.7 Å². The topological polar surface area (TPSA) is 29.5 Å². The van der Waals surface area contributed by atoms with Crippen molar-refractivity contribution in [2.75, 3.05) is 7.11 Å². The fourth-order valence-corrected chi connectivity index (χ4v) is 3.37. The van der Waals surface area contributed by atoms with Crippen LogP contribution in [0, 0.1) is 5.92 Å². The molecule has 1 aromatic rings. The highest BCUT2D eigenvalue weighted by atomic mass is 16.5. The van der Waals surface area contributed by atoms with Gasteiger partial charge in [0.2, 0.25) is 0 Å². The summed E-state index contributed by atoms with van der Waals surface area (Å²) in [5.41, 5.74) is 2.11. The fourth-order valence-electron chi connectivity index (χ4n) is 3.37. The summed E-state index contributed by atoms with van der Waals surface area (Å²) in [6.07, 6.45) is 5.95. The molecule has 1 aliphatic carbocycles. The average Bonchev–Trinajstić information content (AvgIpc) is 2.37. The van der Waals surface area contributed by atoms with Crippen molar-refractivity contribution in [3.8, 4) is 5.75 Å². The summed E-state index contributed by atoms with van der Waals surface area (Å²) in [5, 5.41) is 10.8. The van der Waals surface area contributed by atoms with Gasteiger partial charge in [0.15, 0.2) is 0 Å². The van der Waals surface area contributed by atoms with Crippen LogP contribution in [0.15, 0.2) is 18.2 Å². The van der Waals surface area contributed by atoms with Crippen molar-refractivity contribution in [2.45, 2.75) is 58.0 Å². The SMILES string of the molecule is CCCC(C)CC1(O)CCc2ccc(OC)cc2C1. The highest BCUT2D eigenvalue weighted by Crippen LogP contribution is 2.35. The van der Waals surface area contributed by atoms with E-state index in [1.54, 1.807) is 7.11 Å². The van der Waals surface area contributed by atoms with Crippen molar-refractivity contribution >= 4 is 0 Å². The van der Waals surface area contributed by atoms with Gasteiger partial charge in [-0.05, 0) is 48.4 Å². The van der Waals surface area contributed by atoms with E-state index in [4.69, 9.17) is 4.74 Å². The largest absolute Gasteiger partial charge is 0.497 e. The normalized spacial score (nSPS) is 23.8. The smallest absolute Gasteiger partial charge is 0.119 e. The first-order chi connectivity index (χ1) is 9.06. The average molecular weight is 262 g/mol. The monoisotopic (exact) mass is 262 g/mol. The van der Waals surface area contributed by atoms with Crippen LogP contribution in [0.4, 0.5) is 0 Å². The Morgan fingerprint density at radius 3 is 2.84 bits per heavy atom. The minimum Gasteiger partial charge on any atom is -0.497 e. The number of hydrogen-bond donors (Lipinski definition) is 1. The van der Waals surface area contributed by atoms with Crippen LogP contribution >= 0.6 is 0 Å². The van der Waals surface area contributed by atoms with Gasteiger partial charge in [0.1, 0.15) is 5.75 Å². The lowest BCUT2D eigenvalue weighted by Crippen LogP contribution is -2.37. The van der Waals surface area contributed by atoms with Crippen LogP contribution in [0.5, 0.6) is 5.75 Å². The van der Waals surface area contributed by atoms with Crippen molar-refractivity contribution in [3.63, 3.8) is 0 Å². The van der Waals surface area contributed by atoms with E-state index in [1.165, 1.54) is 24.0 Å². The first-order valence-corrected chi connectivity index (χ1v) is 7.44. The van der Waals surface area contributed by atoms with E-state index >= 15 is 0 Å². The van der Waals surface area contributed by atoms with Crippen LogP contribution in [-0.4, -0.2) is 17.8 Å². The zero-order chi connectivity index (χ0) is 13.9. The summed E-state index contributed by atoms with van der Waals surface area (Å²) >= 11 is 0. The number of fused-ring (bicyclic) bond motifs is 1. The molecule has 2 unspecified atom stereocenters. The number of aliphatic hydroxyl groups is 1. The third-order valence-corrected chi connectivity index (χ3v) is 4.30. The standard InChI is InChI=1S/C17H26O2/c1-4-5-13(2)11-17(18)9-8-14-6-7-16(19-3)10-15(14)12-17/h6-7,10,13,18H,4-5,8-9,11-12H2,1-3H3. The van der Waals surface area contributed by atoms with Crippen molar-refractivity contribution < 1.29 is 9.84 Å². The predicted molar refractivity (Wildman–Crippen MR) is 78.7 cm³/mol. The van der Waals surface area contributed by atoms with E-state index in [0.717, 1.165) is 31.4 Å². The minimum absolute atomic E-state index is 0.520. The van der Waals surface area contributed by atoms with E-state index in [1.807, 2.05) is 6.07 Å². The molecule has 0 saturated carbocycles. The molecular formula is C17H26O2. The Labute approximate surface area is 116 Å². The predicted octanol–water partition coefficient (Wildman–Crippen LogP) is 3.74. The maximum absolute atomic E-state index is 10.8. The second kappa shape index (κ2) is 5.96. The second-order valence-electron chi connectivity index (χ2n) is 6.13. The van der Waals surface area contributed by atoms with E-state index in [9.17, 15) is 5.11 Å². The Kier molecular flexibility index (Phi) is 4.51. The van der Waals surface area contributed by atoms with Crippen molar-refractivity contribution in [1.82, 2.24) is 0 Å². The third-order valence-electron chi connectivity index (χ3n) is 4.30. The molecule has 2 atom stereocenters. The van der Waals surface area contributed by atoms with Gasteiger partial charge >= 0.3 is 0 Å². The fraction of sp³-hybridized carbons (Fsp3) is 0.647. The molecule has 0 radical (unpaired) electrons. The number of hydrogen-bond acceptors (Lipinski definition) is 2. The number of rotatable bonds is 5. The van der Waals surface area contributed by atoms with E-state index in [0.29, 0.717) is 5.92 Å². The summed E-state index contributed by atoms with van der Waals surface area (Å²) in [7, 11) is 1.69. The van der Waals surface area contributed by atoms with Crippen LogP contribution in [0.2, 0.25) is 0 Å². The summed E-state index contributed by atoms with van der Waals surface area (Å²) in [6.45, 7) is 4.46. The molecule has 0 fully saturated rings. The van der Waals surface area contributed by atoms with Crippen molar-refractivity contribution in [3.05, 3.63) is 29.3 Å². The third kappa shape index (κ3) is 3.50. The molecule has 106 valence electrons. The lowest BCUT2D eigenvalue weighted by atomic mass is 9.75. The molecule has 0 bridgehead atoms. The van der Waals surface area contributed by atoms with E-state index < -0.39 is 5.60 Å². The Bertz CT molecular complexity index is 427. The molecule has 1 aromatic carbocycles. The van der Waals surface area contributed by atoms with Crippen LogP contribution in [0.3, 0.4) is 0 Å². The number of ether oxygens (including phenoxy) is 1. The number of benzene rings is 1. The maximum atomic E-state index is 10.8. The zero-order valence-corrected chi connectivity index (χ0v) is 12.4. The highest BCUT2D eigenvalue weighted by Gasteiger charge is 2.33. The van der Waals surface area contributed by atoms with Crippen LogP contribution < -0.4 is 4.74 Å². The van der Waals surface area contributed by atoms with Gasteiger partial charge in [-0.3, -0.25) is 0 Å². The van der Waals surface area contributed by atoms with Crippen molar-refractivity contribution in [1.29, 1.82) is 0 Å². The Hall–Kier alpha value is -1.02. The Morgan fingerprint density at radius 2 is 2.16 bits per heavy atom. The molecule has 2 heteroatoms. The van der Waals surface area contributed by atoms with Crippen LogP contribution in [0.25, 0.3) is 0 Å². The summed E-state index contributed by atoms with van der Waals surface area (Å²) < 4.78 is 5.29. The zero-order valence-electron chi connectivity index (χ0n) is 12.4. The molecular weight excluding hydrogens is 236 g/mol. The molecule has 0 spiro atoms. The van der Waals surface area contributed by atoms with Gasteiger partial charge in [-0.25, -0.2) is 0 Å². The van der Waals surface area contributed by atoms with Gasteiger partial charge in [-0.1, -0.05) is 32.8 Å². The highest BCUT2D eigenvalue weighted by molar-refractivity contribution is 5.38. The summed E-state index contributed by atoms with van der Waals surface area (Å²) in [5.74, 6) is 1.49. The Balaban J connectivity index is 2.11. The molecule has 0 aliphatic heterocycles. The van der Waals surface area contributed by atoms with E-state index in [-0.39, 0.29) is 0 Å². The lowest BCUT2D eigenvalue weighted by molar-refractivity contribution is 0.00360. The summed E-state index contributed by atoms with van der Waals surface area (Å²) in [4.78, 5) is 0. The van der Waals surface area contributed by atoms with Gasteiger partial charge < -0.3 is 9.84 Å². The van der Waals surface area contributed by atoms with Gasteiger partial charge in [0, 0.05) is 6.42 Å². The lowest BCUT2D eigenvalue weighted by Gasteiger charge is -2.35. The van der Waals surface area contributed by atoms with Gasteiger partial charge in [0.25, 0.3) is 0 Å². The van der Waals surface area contributed by atoms with Crippen LogP contribution in [-0.2, 0) is 12.8 Å². The van der Waals surface area contributed by atoms with Crippen molar-refractivity contribution in [2.24, 2.45) is 5.92 Å². The molecule has 0 saturated heterocycles. The Morgan fingerprint density at radius 1 is 1.37 bits per heavy atom. The maximum Gasteiger partial charge on any atom is 0.119 e. The molecule has 1 N–H and O–H groups in total. The first kappa shape index (κ1) is 14.4. The number of aryl methyl sites for hydroxylation is 1. The van der Waals surface area contributed by atoms with Gasteiger partial charge in [-0.15, -0.1) is 0 Å². The van der Waals surface area contributed by atoms with Crippen LogP contribution in [0.1, 0.15) is 50.7 Å². The molecule has 2 rings (SSSR count). The number of methoxy groups -OCH3 is 1. The first-order valence-electron chi connectivity index (χ1n) is 7.44.